The van der Waals surface area contributed by atoms with E-state index in [1.807, 2.05) is 0 Å². The molecule has 212 valence electrons. The van der Waals surface area contributed by atoms with Gasteiger partial charge in [-0.15, -0.1) is 0 Å². The van der Waals surface area contributed by atoms with E-state index >= 15 is 0 Å². The number of nitrogens with one attached hydrogen (secondary N) is 1. The number of carbonyl (C=O) groups excluding carboxylic acids is 4. The molecule has 1 N–H and O–H groups in total. The summed E-state index contributed by atoms with van der Waals surface area (Å²) in [5.41, 5.74) is 2.93. The predicted molar refractivity (Wildman–Crippen MR) is 139 cm³/mol. The summed E-state index contributed by atoms with van der Waals surface area (Å²) >= 11 is 0. The Morgan fingerprint density at radius 2 is 1.64 bits per heavy atom. The summed E-state index contributed by atoms with van der Waals surface area (Å²) < 4.78 is 21.3. The number of fused-ring (bicyclic) bond motifs is 5. The smallest absolute Gasteiger partial charge is 0.374 e. The van der Waals surface area contributed by atoms with Crippen LogP contribution in [0.15, 0.2) is 34.3 Å². The van der Waals surface area contributed by atoms with Gasteiger partial charge in [-0.25, -0.2) is 9.59 Å². The van der Waals surface area contributed by atoms with Gasteiger partial charge in [-0.1, -0.05) is 25.5 Å². The van der Waals surface area contributed by atoms with Gasteiger partial charge in [0.2, 0.25) is 11.7 Å². The first kappa shape index (κ1) is 27.5. The number of hydrogen-bond donors (Lipinski definition) is 1. The number of ether oxygens (including phenoxy) is 4. The first-order valence-electron chi connectivity index (χ1n) is 13.9. The van der Waals surface area contributed by atoms with Crippen LogP contribution in [0.5, 0.6) is 0 Å². The third-order valence-corrected chi connectivity index (χ3v) is 10.2. The van der Waals surface area contributed by atoms with Gasteiger partial charge >= 0.3 is 17.9 Å². The highest BCUT2D eigenvalue weighted by atomic mass is 16.6. The van der Waals surface area contributed by atoms with Crippen molar-refractivity contribution in [2.24, 2.45) is 28.6 Å². The zero-order valence-electron chi connectivity index (χ0n) is 23.7. The normalized spacial score (nSPS) is 36.8. The van der Waals surface area contributed by atoms with Gasteiger partial charge in [0.05, 0.1) is 14.2 Å². The minimum Gasteiger partial charge on any atom is -0.473 e. The van der Waals surface area contributed by atoms with Gasteiger partial charge in [0.15, 0.2) is 6.10 Å². The molecule has 2 saturated carbocycles. The van der Waals surface area contributed by atoms with Crippen molar-refractivity contribution in [1.29, 1.82) is 0 Å². The molecule has 0 aromatic heterocycles. The van der Waals surface area contributed by atoms with Crippen LogP contribution in [-0.4, -0.2) is 50.2 Å². The Morgan fingerprint density at radius 3 is 2.28 bits per heavy atom. The zero-order valence-corrected chi connectivity index (χ0v) is 23.7. The third kappa shape index (κ3) is 4.28. The molecular weight excluding hydrogens is 502 g/mol. The van der Waals surface area contributed by atoms with Crippen LogP contribution in [0.4, 0.5) is 0 Å². The average molecular weight is 542 g/mol. The molecule has 5 rings (SSSR count). The van der Waals surface area contributed by atoms with Crippen molar-refractivity contribution in [2.75, 3.05) is 14.2 Å². The maximum Gasteiger partial charge on any atom is 0.374 e. The molecule has 9 nitrogen and oxygen atoms in total. The standard InChI is InChI=1S/C30H39NO8/c1-15(32)31-26-20(24-23(27(34)36-5)25(39-24)28(35)37-6)14-22-19-8-7-17-13-18(38-16(2)33)9-11-29(17,3)21(19)10-12-30(22,26)4/h7,18-19,21-22,24H,8-14H2,1-6H3,(H,31,32)/t18-,19+,21-,22-,24?,29-,30-/m0/s1. The van der Waals surface area contributed by atoms with E-state index in [0.29, 0.717) is 18.3 Å². The molecule has 0 aromatic carbocycles. The second-order valence-electron chi connectivity index (χ2n) is 12.2. The van der Waals surface area contributed by atoms with E-state index in [2.05, 4.69) is 25.2 Å². The number of esters is 3. The summed E-state index contributed by atoms with van der Waals surface area (Å²) in [5, 5.41) is 3.11. The maximum absolute atomic E-state index is 12.7. The zero-order chi connectivity index (χ0) is 28.3. The molecule has 1 amide bonds. The maximum atomic E-state index is 12.7. The van der Waals surface area contributed by atoms with Crippen LogP contribution in [0, 0.1) is 28.6 Å². The van der Waals surface area contributed by atoms with Gasteiger partial charge in [0.25, 0.3) is 0 Å². The average Bonchev–Trinajstić information content (AvgIpc) is 3.14. The van der Waals surface area contributed by atoms with Crippen LogP contribution in [-0.2, 0) is 38.1 Å². The second kappa shape index (κ2) is 9.82. The van der Waals surface area contributed by atoms with E-state index < -0.39 is 18.0 Å². The lowest BCUT2D eigenvalue weighted by Crippen LogP contribution is -2.51. The number of carbonyl (C=O) groups is 4. The fourth-order valence-corrected chi connectivity index (χ4v) is 8.42. The van der Waals surface area contributed by atoms with Crippen molar-refractivity contribution < 1.29 is 38.1 Å². The molecule has 1 unspecified atom stereocenters. The molecule has 39 heavy (non-hydrogen) atoms. The van der Waals surface area contributed by atoms with E-state index in [1.165, 1.54) is 33.6 Å². The second-order valence-corrected chi connectivity index (χ2v) is 12.2. The Hall–Kier alpha value is -3.10. The first-order chi connectivity index (χ1) is 18.4. The monoisotopic (exact) mass is 541 g/mol. The van der Waals surface area contributed by atoms with Gasteiger partial charge in [-0.2, -0.15) is 0 Å². The van der Waals surface area contributed by atoms with Crippen molar-refractivity contribution in [3.05, 3.63) is 34.3 Å². The Kier molecular flexibility index (Phi) is 6.92. The fourth-order valence-electron chi connectivity index (χ4n) is 8.42. The van der Waals surface area contributed by atoms with Gasteiger partial charge in [-0.3, -0.25) is 9.59 Å². The molecule has 4 aliphatic carbocycles. The highest BCUT2D eigenvalue weighted by molar-refractivity contribution is 6.02. The van der Waals surface area contributed by atoms with Crippen molar-refractivity contribution in [1.82, 2.24) is 5.32 Å². The van der Waals surface area contributed by atoms with Crippen LogP contribution in [0.1, 0.15) is 72.6 Å². The number of rotatable bonds is 5. The van der Waals surface area contributed by atoms with Crippen LogP contribution in [0.25, 0.3) is 0 Å². The molecule has 2 fully saturated rings. The SMILES string of the molecule is COC(=O)C1=C(C(=O)OC)C(C2=C(NC(C)=O)[C@@]3(C)CC[C@H]4[C@@H](CC=C5C[C@@H](OC(C)=O)CC[C@@]54C)[C@@H]3C2)O1. The van der Waals surface area contributed by atoms with E-state index in [9.17, 15) is 19.2 Å². The highest BCUT2D eigenvalue weighted by Crippen LogP contribution is 2.66. The highest BCUT2D eigenvalue weighted by Gasteiger charge is 2.60. The van der Waals surface area contributed by atoms with Gasteiger partial charge < -0.3 is 24.3 Å². The molecule has 1 heterocycles. The molecule has 0 bridgehead atoms. The molecule has 0 radical (unpaired) electrons. The van der Waals surface area contributed by atoms with Crippen molar-refractivity contribution >= 4 is 23.8 Å². The Morgan fingerprint density at radius 1 is 0.949 bits per heavy atom. The third-order valence-electron chi connectivity index (χ3n) is 10.2. The van der Waals surface area contributed by atoms with Crippen LogP contribution >= 0.6 is 0 Å². The summed E-state index contributed by atoms with van der Waals surface area (Å²) in [5.74, 6) is -0.814. The molecule has 1 aliphatic heterocycles. The topological polar surface area (TPSA) is 117 Å². The lowest BCUT2D eigenvalue weighted by molar-refractivity contribution is -0.148. The minimum absolute atomic E-state index is 0.0416. The Balaban J connectivity index is 1.48. The van der Waals surface area contributed by atoms with Crippen LogP contribution in [0.2, 0.25) is 0 Å². The van der Waals surface area contributed by atoms with Crippen molar-refractivity contribution in [3.8, 4) is 0 Å². The molecule has 0 aromatic rings. The van der Waals surface area contributed by atoms with Gasteiger partial charge in [0.1, 0.15) is 11.7 Å². The lowest BCUT2D eigenvalue weighted by Gasteiger charge is -2.57. The molecule has 7 atom stereocenters. The molecule has 5 aliphatic rings. The van der Waals surface area contributed by atoms with E-state index in [1.54, 1.807) is 0 Å². The van der Waals surface area contributed by atoms with Gasteiger partial charge in [-0.05, 0) is 67.3 Å². The van der Waals surface area contributed by atoms with E-state index in [4.69, 9.17) is 18.9 Å². The van der Waals surface area contributed by atoms with Gasteiger partial charge in [0, 0.05) is 31.4 Å². The molecule has 0 saturated heterocycles. The summed E-state index contributed by atoms with van der Waals surface area (Å²) in [6.45, 7) is 7.55. The van der Waals surface area contributed by atoms with E-state index in [0.717, 1.165) is 49.8 Å². The van der Waals surface area contributed by atoms with Crippen molar-refractivity contribution in [3.63, 3.8) is 0 Å². The first-order valence-corrected chi connectivity index (χ1v) is 13.9. The summed E-state index contributed by atoms with van der Waals surface area (Å²) in [6, 6.07) is 0. The summed E-state index contributed by atoms with van der Waals surface area (Å²) in [7, 11) is 2.51. The fraction of sp³-hybridized carbons (Fsp3) is 0.667. The summed E-state index contributed by atoms with van der Waals surface area (Å²) in [6.07, 6.45) is 7.66. The number of allylic oxidation sites excluding steroid dienone is 2. The largest absolute Gasteiger partial charge is 0.473 e. The quantitative estimate of drug-likeness (QED) is 0.317. The Bertz CT molecular complexity index is 1210. The minimum atomic E-state index is -0.765. The summed E-state index contributed by atoms with van der Waals surface area (Å²) in [4.78, 5) is 49.0. The molecule has 0 spiro atoms. The van der Waals surface area contributed by atoms with Crippen LogP contribution < -0.4 is 5.32 Å². The number of hydrogen-bond acceptors (Lipinski definition) is 8. The predicted octanol–water partition coefficient (Wildman–Crippen LogP) is 3.88. The van der Waals surface area contributed by atoms with E-state index in [-0.39, 0.29) is 46.1 Å². The van der Waals surface area contributed by atoms with Crippen LogP contribution in [0.3, 0.4) is 0 Å². The number of amides is 1. The lowest BCUT2D eigenvalue weighted by atomic mass is 9.47. The number of methoxy groups -OCH3 is 2. The Labute approximate surface area is 229 Å². The molecular formula is C30H39NO8. The molecule has 9 heteroatoms. The van der Waals surface area contributed by atoms with Crippen molar-refractivity contribution in [2.45, 2.75) is 84.8 Å².